The second-order valence-corrected chi connectivity index (χ2v) is 23.6. The summed E-state index contributed by atoms with van der Waals surface area (Å²) in [4.78, 5) is 9.61. The Morgan fingerprint density at radius 1 is 0.444 bits per heavy atom. The smallest absolute Gasteiger partial charge is 0.135 e. The second-order valence-electron chi connectivity index (χ2n) is 23.6. The maximum Gasteiger partial charge on any atom is 0.135 e. The van der Waals surface area contributed by atoms with Crippen molar-refractivity contribution in [3.63, 3.8) is 0 Å². The van der Waals surface area contributed by atoms with Gasteiger partial charge in [-0.2, -0.15) is 6.07 Å². The number of benzene rings is 7. The summed E-state index contributed by atoms with van der Waals surface area (Å²) in [6.07, 6.45) is 1.93. The fourth-order valence-electron chi connectivity index (χ4n) is 9.99. The van der Waals surface area contributed by atoms with Crippen molar-refractivity contribution in [3.05, 3.63) is 222 Å². The molecule has 6 heteroatoms. The predicted molar refractivity (Wildman–Crippen MR) is 297 cm³/mol. The van der Waals surface area contributed by atoms with E-state index in [0.29, 0.717) is 11.5 Å². The van der Waals surface area contributed by atoms with E-state index in [4.69, 9.17) is 9.72 Å². The molecule has 370 valence electrons. The molecule has 1 aliphatic heterocycles. The summed E-state index contributed by atoms with van der Waals surface area (Å²) in [5, 5.41) is 2.23. The molecule has 0 amide bonds. The Balaban J connectivity index is 0.00000640. The number of anilines is 4. The minimum absolute atomic E-state index is 0. The predicted octanol–water partition coefficient (Wildman–Crippen LogP) is 17.5. The van der Waals surface area contributed by atoms with E-state index in [2.05, 4.69) is 275 Å². The van der Waals surface area contributed by atoms with Crippen LogP contribution in [0.15, 0.2) is 164 Å². The Bertz CT molecular complexity index is 3440. The standard InChI is InChI=1S/C66H67N4O.Pt/c1-62(2,3)46-27-32-58-60(39-46)68(51-26-20-25-48(35-51)65(10,11)44-21-16-14-17-22-44)43-69(58)52-36-50(64(7,8)9)37-54(41-52)71-53-29-30-55-56-38-49(66(12,13)45-23-18-15-19-24-45)28-31-57(56)70(59(55)42-53)61-40-47(33-34-67-61)63(4,5)6;/h14-40,43H,1-13H3;/q-3;. The molecule has 0 N–H and O–H groups in total. The summed E-state index contributed by atoms with van der Waals surface area (Å²) in [5.41, 5.74) is 14.1. The SMILES string of the molecule is CC(C)(C)c1cc(Oc2[c-]c3c(cc2)c2cc(C(C)(C)c4ccccc4)ccc2n3-c2cc(C(C)(C)C)ccn2)[c-]c(N2[CH-]N(c3cccc(C(C)(C)c4ccccc4)c3)c3cc(C(C)(C)C)ccc32)c1.[Pt]. The Kier molecular flexibility index (Phi) is 13.0. The Labute approximate surface area is 443 Å². The normalized spacial score (nSPS) is 13.4. The topological polar surface area (TPSA) is 33.5 Å². The van der Waals surface area contributed by atoms with Crippen molar-refractivity contribution in [2.45, 2.75) is 117 Å². The van der Waals surface area contributed by atoms with Crippen LogP contribution < -0.4 is 14.5 Å². The van der Waals surface area contributed by atoms with E-state index in [-0.39, 0.29) is 48.1 Å². The molecule has 0 bridgehead atoms. The van der Waals surface area contributed by atoms with E-state index in [1.165, 1.54) is 33.4 Å². The van der Waals surface area contributed by atoms with E-state index < -0.39 is 0 Å². The first kappa shape index (κ1) is 50.5. The molecular formula is C66H67N4OPt-3. The summed E-state index contributed by atoms with van der Waals surface area (Å²) < 4.78 is 9.23. The van der Waals surface area contributed by atoms with Crippen molar-refractivity contribution < 1.29 is 25.8 Å². The van der Waals surface area contributed by atoms with Gasteiger partial charge in [0.15, 0.2) is 0 Å². The van der Waals surface area contributed by atoms with Gasteiger partial charge in [-0.1, -0.05) is 187 Å². The zero-order valence-corrected chi connectivity index (χ0v) is 46.5. The molecule has 0 saturated carbocycles. The molecule has 1 aliphatic rings. The average Bonchev–Trinajstić information content (AvgIpc) is 3.89. The largest absolute Gasteiger partial charge is 0.509 e. The van der Waals surface area contributed by atoms with Crippen LogP contribution in [0.5, 0.6) is 11.5 Å². The van der Waals surface area contributed by atoms with E-state index >= 15 is 0 Å². The third-order valence-corrected chi connectivity index (χ3v) is 14.8. The maximum absolute atomic E-state index is 6.98. The van der Waals surface area contributed by atoms with Gasteiger partial charge >= 0.3 is 0 Å². The van der Waals surface area contributed by atoms with Crippen molar-refractivity contribution in [2.75, 3.05) is 9.80 Å². The van der Waals surface area contributed by atoms with Gasteiger partial charge in [0.05, 0.1) is 0 Å². The summed E-state index contributed by atoms with van der Waals surface area (Å²) in [5.74, 6) is 2.07. The molecule has 10 rings (SSSR count). The van der Waals surface area contributed by atoms with Gasteiger partial charge in [0, 0.05) is 72.2 Å². The molecule has 0 unspecified atom stereocenters. The van der Waals surface area contributed by atoms with Crippen LogP contribution in [-0.4, -0.2) is 9.55 Å². The van der Waals surface area contributed by atoms with Gasteiger partial charge in [0.25, 0.3) is 0 Å². The van der Waals surface area contributed by atoms with Gasteiger partial charge < -0.3 is 19.1 Å². The molecule has 2 aromatic heterocycles. The number of hydrogen-bond donors (Lipinski definition) is 0. The molecule has 72 heavy (non-hydrogen) atoms. The molecule has 0 atom stereocenters. The van der Waals surface area contributed by atoms with Crippen LogP contribution in [0, 0.1) is 18.8 Å². The number of ether oxygens (including phenoxy) is 1. The number of nitrogens with zero attached hydrogens (tertiary/aromatic N) is 4. The Hall–Kier alpha value is -6.42. The van der Waals surface area contributed by atoms with E-state index in [0.717, 1.165) is 55.9 Å². The molecule has 0 fully saturated rings. The van der Waals surface area contributed by atoms with Gasteiger partial charge in [-0.05, 0) is 97.5 Å². The molecule has 5 nitrogen and oxygen atoms in total. The number of aromatic nitrogens is 2. The molecule has 3 heterocycles. The van der Waals surface area contributed by atoms with Crippen molar-refractivity contribution >= 4 is 44.6 Å². The monoisotopic (exact) mass is 1130 g/mol. The Morgan fingerprint density at radius 3 is 1.68 bits per heavy atom. The molecule has 0 spiro atoms. The first-order chi connectivity index (χ1) is 33.6. The average molecular weight is 1130 g/mol. The molecule has 9 aromatic rings. The molecule has 7 aromatic carbocycles. The summed E-state index contributed by atoms with van der Waals surface area (Å²) in [6.45, 7) is 31.8. The van der Waals surface area contributed by atoms with Gasteiger partial charge in [-0.25, -0.2) is 4.98 Å². The number of pyridine rings is 1. The van der Waals surface area contributed by atoms with E-state index in [1.807, 2.05) is 12.3 Å². The zero-order valence-electron chi connectivity index (χ0n) is 44.2. The van der Waals surface area contributed by atoms with Crippen LogP contribution in [0.2, 0.25) is 0 Å². The van der Waals surface area contributed by atoms with Crippen LogP contribution in [0.3, 0.4) is 0 Å². The van der Waals surface area contributed by atoms with E-state index in [1.54, 1.807) is 0 Å². The van der Waals surface area contributed by atoms with Gasteiger partial charge in [-0.3, -0.25) is 0 Å². The first-order valence-electron chi connectivity index (χ1n) is 25.1. The van der Waals surface area contributed by atoms with Crippen LogP contribution in [0.1, 0.15) is 129 Å². The van der Waals surface area contributed by atoms with Gasteiger partial charge in [-0.15, -0.1) is 53.6 Å². The molecule has 0 saturated heterocycles. The minimum atomic E-state index is -0.213. The third-order valence-electron chi connectivity index (χ3n) is 14.8. The van der Waals surface area contributed by atoms with Crippen molar-refractivity contribution in [1.82, 2.24) is 9.55 Å². The second kappa shape index (κ2) is 18.6. The fourth-order valence-corrected chi connectivity index (χ4v) is 9.99. The quantitative estimate of drug-likeness (QED) is 0.135. The number of rotatable bonds is 9. The van der Waals surface area contributed by atoms with Gasteiger partial charge in [0.2, 0.25) is 0 Å². The summed E-state index contributed by atoms with van der Waals surface area (Å²) in [6, 6.07) is 64.8. The Morgan fingerprint density at radius 2 is 1.04 bits per heavy atom. The summed E-state index contributed by atoms with van der Waals surface area (Å²) >= 11 is 0. The van der Waals surface area contributed by atoms with Crippen LogP contribution in [-0.2, 0) is 48.1 Å². The third kappa shape index (κ3) is 9.42. The fraction of sp³-hybridized carbons (Fsp3) is 0.273. The van der Waals surface area contributed by atoms with E-state index in [9.17, 15) is 0 Å². The minimum Gasteiger partial charge on any atom is -0.509 e. The first-order valence-corrected chi connectivity index (χ1v) is 25.1. The molecule has 0 aliphatic carbocycles. The number of hydrogen-bond acceptors (Lipinski definition) is 4. The zero-order chi connectivity index (χ0) is 50.3. The molecular weight excluding hydrogens is 1060 g/mol. The van der Waals surface area contributed by atoms with Crippen LogP contribution >= 0.6 is 0 Å². The molecule has 0 radical (unpaired) electrons. The van der Waals surface area contributed by atoms with Gasteiger partial charge in [0.1, 0.15) is 5.82 Å². The van der Waals surface area contributed by atoms with Crippen molar-refractivity contribution in [2.24, 2.45) is 0 Å². The maximum atomic E-state index is 6.98. The van der Waals surface area contributed by atoms with Crippen LogP contribution in [0.25, 0.3) is 27.6 Å². The number of fused-ring (bicyclic) bond motifs is 4. The summed E-state index contributed by atoms with van der Waals surface area (Å²) in [7, 11) is 0. The van der Waals surface area contributed by atoms with Crippen molar-refractivity contribution in [1.29, 1.82) is 0 Å². The van der Waals surface area contributed by atoms with Crippen molar-refractivity contribution in [3.8, 4) is 17.3 Å². The van der Waals surface area contributed by atoms with Crippen LogP contribution in [0.4, 0.5) is 22.7 Å².